The number of benzene rings is 1. The van der Waals surface area contributed by atoms with Gasteiger partial charge in [0.2, 0.25) is 0 Å². The zero-order valence-corrected chi connectivity index (χ0v) is 9.10. The van der Waals surface area contributed by atoms with Crippen LogP contribution >= 0.6 is 27.3 Å². The smallest absolute Gasteiger partial charge is 0.161 e. The summed E-state index contributed by atoms with van der Waals surface area (Å²) in [5.41, 5.74) is 7.72. The molecule has 1 aromatic heterocycles. The van der Waals surface area contributed by atoms with Crippen molar-refractivity contribution in [2.75, 3.05) is 5.73 Å². The highest BCUT2D eigenvalue weighted by molar-refractivity contribution is 9.11. The maximum absolute atomic E-state index is 5.80. The molecule has 2 rings (SSSR count). The van der Waals surface area contributed by atoms with E-state index in [0.717, 1.165) is 20.2 Å². The molecule has 0 aliphatic heterocycles. The van der Waals surface area contributed by atoms with Crippen LogP contribution in [0.5, 0.6) is 0 Å². The quantitative estimate of drug-likeness (QED) is 0.850. The molecule has 1 heterocycles. The minimum atomic E-state index is 0.748. The van der Waals surface area contributed by atoms with Gasteiger partial charge in [-0.15, -0.1) is 0 Å². The Morgan fingerprint density at radius 2 is 1.92 bits per heavy atom. The molecule has 0 saturated carbocycles. The van der Waals surface area contributed by atoms with Crippen molar-refractivity contribution in [3.05, 3.63) is 34.2 Å². The van der Waals surface area contributed by atoms with Gasteiger partial charge in [-0.2, -0.15) is 0 Å². The van der Waals surface area contributed by atoms with Gasteiger partial charge in [0.25, 0.3) is 0 Å². The van der Waals surface area contributed by atoms with Crippen LogP contribution in [0.15, 0.2) is 34.2 Å². The third kappa shape index (κ3) is 1.73. The summed E-state index contributed by atoms with van der Waals surface area (Å²) >= 11 is 4.76. The average molecular weight is 255 g/mol. The fraction of sp³-hybridized carbons (Fsp3) is 0. The van der Waals surface area contributed by atoms with Crippen molar-refractivity contribution >= 4 is 32.3 Å². The minimum Gasteiger partial charge on any atom is -0.389 e. The Labute approximate surface area is 88.6 Å². The summed E-state index contributed by atoms with van der Waals surface area (Å²) in [6.45, 7) is 0. The second-order valence-electron chi connectivity index (χ2n) is 2.55. The highest BCUT2D eigenvalue weighted by Crippen LogP contribution is 2.32. The Kier molecular flexibility index (Phi) is 2.33. The summed E-state index contributed by atoms with van der Waals surface area (Å²) in [6.07, 6.45) is 0. The van der Waals surface area contributed by atoms with Gasteiger partial charge in [-0.25, -0.2) is 4.98 Å². The Bertz CT molecular complexity index is 411. The fourth-order valence-corrected chi connectivity index (χ4v) is 2.39. The van der Waals surface area contributed by atoms with Crippen LogP contribution in [0, 0.1) is 0 Å². The minimum absolute atomic E-state index is 0.748. The highest BCUT2D eigenvalue weighted by atomic mass is 79.9. The SMILES string of the molecule is Nc1sc(Br)nc1-c1ccccc1. The van der Waals surface area contributed by atoms with Crippen LogP contribution in [0.2, 0.25) is 0 Å². The number of aromatic nitrogens is 1. The lowest BCUT2D eigenvalue weighted by atomic mass is 10.2. The molecule has 0 spiro atoms. The average Bonchev–Trinajstić information content (AvgIpc) is 2.47. The topological polar surface area (TPSA) is 38.9 Å². The summed E-state index contributed by atoms with van der Waals surface area (Å²) in [7, 11) is 0. The number of nitrogens with zero attached hydrogens (tertiary/aromatic N) is 1. The van der Waals surface area contributed by atoms with Crippen LogP contribution in [0.1, 0.15) is 0 Å². The summed E-state index contributed by atoms with van der Waals surface area (Å²) < 4.78 is 0.823. The van der Waals surface area contributed by atoms with Crippen LogP contribution in [0.25, 0.3) is 11.3 Å². The molecule has 0 aliphatic carbocycles. The maximum Gasteiger partial charge on any atom is 0.161 e. The standard InChI is InChI=1S/C9H7BrN2S/c10-9-12-7(8(11)13-9)6-4-2-1-3-5-6/h1-5H,11H2. The van der Waals surface area contributed by atoms with E-state index in [1.807, 2.05) is 30.3 Å². The lowest BCUT2D eigenvalue weighted by Crippen LogP contribution is -1.84. The van der Waals surface area contributed by atoms with E-state index >= 15 is 0 Å². The Balaban J connectivity index is 2.53. The van der Waals surface area contributed by atoms with Crippen LogP contribution in [-0.2, 0) is 0 Å². The van der Waals surface area contributed by atoms with Crippen LogP contribution in [0.3, 0.4) is 0 Å². The van der Waals surface area contributed by atoms with E-state index in [4.69, 9.17) is 5.73 Å². The van der Waals surface area contributed by atoms with Gasteiger partial charge < -0.3 is 5.73 Å². The molecule has 2 aromatic rings. The number of anilines is 1. The van der Waals surface area contributed by atoms with Crippen LogP contribution < -0.4 is 5.73 Å². The number of hydrogen-bond donors (Lipinski definition) is 1. The molecule has 4 heteroatoms. The molecule has 2 N–H and O–H groups in total. The van der Waals surface area contributed by atoms with Gasteiger partial charge in [0.15, 0.2) is 3.92 Å². The number of halogens is 1. The normalized spacial score (nSPS) is 10.2. The van der Waals surface area contributed by atoms with Crippen LogP contribution in [-0.4, -0.2) is 4.98 Å². The maximum atomic E-state index is 5.80. The van der Waals surface area contributed by atoms with Gasteiger partial charge in [0.1, 0.15) is 10.7 Å². The number of nitrogen functional groups attached to an aromatic ring is 1. The van der Waals surface area contributed by atoms with Crippen LogP contribution in [0.4, 0.5) is 5.00 Å². The molecule has 13 heavy (non-hydrogen) atoms. The van der Waals surface area contributed by atoms with Crippen molar-refractivity contribution < 1.29 is 0 Å². The molecule has 0 unspecified atom stereocenters. The first kappa shape index (κ1) is 8.72. The lowest BCUT2D eigenvalue weighted by molar-refractivity contribution is 1.37. The largest absolute Gasteiger partial charge is 0.389 e. The predicted molar refractivity (Wildman–Crippen MR) is 59.7 cm³/mol. The van der Waals surface area contributed by atoms with Gasteiger partial charge in [0.05, 0.1) is 0 Å². The van der Waals surface area contributed by atoms with Crippen molar-refractivity contribution in [1.82, 2.24) is 4.98 Å². The van der Waals surface area contributed by atoms with E-state index in [2.05, 4.69) is 20.9 Å². The number of nitrogens with two attached hydrogens (primary N) is 1. The molecule has 0 radical (unpaired) electrons. The number of thiazole rings is 1. The van der Waals surface area contributed by atoms with Crippen molar-refractivity contribution in [3.8, 4) is 11.3 Å². The third-order valence-electron chi connectivity index (χ3n) is 1.67. The molecule has 66 valence electrons. The zero-order valence-electron chi connectivity index (χ0n) is 6.70. The molecule has 0 saturated heterocycles. The van der Waals surface area contributed by atoms with E-state index in [0.29, 0.717) is 0 Å². The summed E-state index contributed by atoms with van der Waals surface area (Å²) in [5.74, 6) is 0. The Morgan fingerprint density at radius 1 is 1.23 bits per heavy atom. The molecule has 0 amide bonds. The van der Waals surface area contributed by atoms with Gasteiger partial charge in [-0.1, -0.05) is 41.7 Å². The second-order valence-corrected chi connectivity index (χ2v) is 4.85. The highest BCUT2D eigenvalue weighted by Gasteiger charge is 2.07. The second kappa shape index (κ2) is 3.47. The molecule has 0 aliphatic rings. The van der Waals surface area contributed by atoms with E-state index in [-0.39, 0.29) is 0 Å². The number of rotatable bonds is 1. The monoisotopic (exact) mass is 254 g/mol. The molecular weight excluding hydrogens is 248 g/mol. The Morgan fingerprint density at radius 3 is 2.46 bits per heavy atom. The first-order valence-corrected chi connectivity index (χ1v) is 5.35. The predicted octanol–water partition coefficient (Wildman–Crippen LogP) is 3.15. The van der Waals surface area contributed by atoms with Crippen molar-refractivity contribution in [2.24, 2.45) is 0 Å². The van der Waals surface area contributed by atoms with E-state index in [1.54, 1.807) is 0 Å². The van der Waals surface area contributed by atoms with Crippen molar-refractivity contribution in [1.29, 1.82) is 0 Å². The summed E-state index contributed by atoms with van der Waals surface area (Å²) in [4.78, 5) is 4.29. The van der Waals surface area contributed by atoms with Gasteiger partial charge in [0, 0.05) is 5.56 Å². The summed E-state index contributed by atoms with van der Waals surface area (Å²) in [6, 6.07) is 9.92. The van der Waals surface area contributed by atoms with E-state index in [1.165, 1.54) is 11.3 Å². The summed E-state index contributed by atoms with van der Waals surface area (Å²) in [5, 5.41) is 0.748. The van der Waals surface area contributed by atoms with Gasteiger partial charge >= 0.3 is 0 Å². The molecule has 1 aromatic carbocycles. The first-order chi connectivity index (χ1) is 6.27. The molecular formula is C9H7BrN2S. The van der Waals surface area contributed by atoms with Crippen molar-refractivity contribution in [2.45, 2.75) is 0 Å². The van der Waals surface area contributed by atoms with Gasteiger partial charge in [-0.05, 0) is 15.9 Å². The molecule has 0 atom stereocenters. The van der Waals surface area contributed by atoms with Crippen molar-refractivity contribution in [3.63, 3.8) is 0 Å². The Hall–Kier alpha value is -0.870. The lowest BCUT2D eigenvalue weighted by Gasteiger charge is -1.95. The third-order valence-corrected chi connectivity index (χ3v) is 3.01. The van der Waals surface area contributed by atoms with Gasteiger partial charge in [-0.3, -0.25) is 0 Å². The van der Waals surface area contributed by atoms with E-state index in [9.17, 15) is 0 Å². The molecule has 2 nitrogen and oxygen atoms in total. The zero-order chi connectivity index (χ0) is 9.26. The van der Waals surface area contributed by atoms with E-state index < -0.39 is 0 Å². The molecule has 0 bridgehead atoms. The first-order valence-electron chi connectivity index (χ1n) is 3.74. The fourth-order valence-electron chi connectivity index (χ4n) is 1.11. The molecule has 0 fully saturated rings. The number of hydrogen-bond acceptors (Lipinski definition) is 3.